The van der Waals surface area contributed by atoms with Crippen molar-refractivity contribution >= 4 is 17.3 Å². The molecule has 4 rings (SSSR count). The zero-order valence-electron chi connectivity index (χ0n) is 18.8. The van der Waals surface area contributed by atoms with Crippen LogP contribution < -0.4 is 10.1 Å². The molecule has 2 aromatic rings. The smallest absolute Gasteiger partial charge is 0.273 e. The molecule has 11 heteroatoms. The van der Waals surface area contributed by atoms with E-state index < -0.39 is 78.0 Å². The lowest BCUT2D eigenvalue weighted by Crippen LogP contribution is -2.67. The Kier molecular flexibility index (Phi) is 6.65. The number of nitrogens with one attached hydrogen (secondary N) is 1. The first kappa shape index (κ1) is 25.1. The van der Waals surface area contributed by atoms with Crippen molar-refractivity contribution in [3.8, 4) is 17.2 Å². The van der Waals surface area contributed by atoms with Crippen molar-refractivity contribution in [1.29, 1.82) is 0 Å². The van der Waals surface area contributed by atoms with Gasteiger partial charge in [0.15, 0.2) is 29.7 Å². The number of fused-ring (bicyclic) bond motifs is 1. The quantitative estimate of drug-likeness (QED) is 0.269. The zero-order chi connectivity index (χ0) is 26.1. The van der Waals surface area contributed by atoms with Crippen molar-refractivity contribution in [1.82, 2.24) is 5.32 Å². The van der Waals surface area contributed by atoms with Gasteiger partial charge < -0.3 is 40.3 Å². The Labute approximate surface area is 204 Å². The lowest BCUT2D eigenvalue weighted by atomic mass is 9.87. The van der Waals surface area contributed by atoms with Crippen LogP contribution in [-0.4, -0.2) is 80.6 Å². The second-order valence-corrected chi connectivity index (χ2v) is 8.39. The molecule has 1 unspecified atom stereocenters. The molecule has 0 radical (unpaired) electrons. The van der Waals surface area contributed by atoms with Crippen LogP contribution in [0.4, 0.5) is 0 Å². The van der Waals surface area contributed by atoms with Crippen LogP contribution in [-0.2, 0) is 9.53 Å². The number of carbonyl (C=O) groups is 3. The molecule has 0 bridgehead atoms. The van der Waals surface area contributed by atoms with E-state index in [2.05, 4.69) is 5.32 Å². The van der Waals surface area contributed by atoms with Crippen molar-refractivity contribution in [3.63, 3.8) is 0 Å². The molecular weight excluding hydrogens is 474 g/mol. The van der Waals surface area contributed by atoms with Gasteiger partial charge in [-0.1, -0.05) is 30.3 Å². The van der Waals surface area contributed by atoms with Gasteiger partial charge in [-0.15, -0.1) is 0 Å². The van der Waals surface area contributed by atoms with Gasteiger partial charge in [-0.2, -0.15) is 0 Å². The normalized spacial score (nSPS) is 20.5. The van der Waals surface area contributed by atoms with E-state index in [1.165, 1.54) is 0 Å². The molecule has 0 spiro atoms. The summed E-state index contributed by atoms with van der Waals surface area (Å²) in [5.41, 5.74) is -2.03. The van der Waals surface area contributed by atoms with Gasteiger partial charge in [0, 0.05) is 16.7 Å². The lowest BCUT2D eigenvalue weighted by Gasteiger charge is -2.45. The van der Waals surface area contributed by atoms with Crippen LogP contribution in [0, 0.1) is 0 Å². The fourth-order valence-electron chi connectivity index (χ4n) is 3.79. The summed E-state index contributed by atoms with van der Waals surface area (Å²) in [5.74, 6) is -6.38. The third kappa shape index (κ3) is 4.36. The maximum Gasteiger partial charge on any atom is 0.273 e. The number of allylic oxidation sites excluding steroid dienone is 2. The number of phenols is 2. The first-order valence-electron chi connectivity index (χ1n) is 10.8. The highest BCUT2D eigenvalue weighted by atomic mass is 16.6. The van der Waals surface area contributed by atoms with Crippen LogP contribution in [0.25, 0.3) is 0 Å². The summed E-state index contributed by atoms with van der Waals surface area (Å²) >= 11 is 0. The highest BCUT2D eigenvalue weighted by Crippen LogP contribution is 2.39. The SMILES string of the molecule is O=C(COc1c(O)cc(C(=O)C2=C3NC(CO)(CO)COC3(O)C(=O)C=C2)cc1O)c1ccccc1. The monoisotopic (exact) mass is 497 g/mol. The first-order valence-corrected chi connectivity index (χ1v) is 10.8. The Bertz CT molecular complexity index is 1260. The number of phenolic OH excluding ortho intramolecular Hbond substituents is 2. The number of ether oxygens (including phenoxy) is 2. The van der Waals surface area contributed by atoms with Gasteiger partial charge in [0.1, 0.15) is 5.54 Å². The number of rotatable bonds is 8. The highest BCUT2D eigenvalue weighted by molar-refractivity contribution is 6.15. The summed E-state index contributed by atoms with van der Waals surface area (Å²) in [7, 11) is 0. The Balaban J connectivity index is 1.63. The molecule has 0 aromatic heterocycles. The Morgan fingerprint density at radius 1 is 1.00 bits per heavy atom. The van der Waals surface area contributed by atoms with E-state index in [0.29, 0.717) is 5.56 Å². The first-order chi connectivity index (χ1) is 17.1. The predicted molar refractivity (Wildman–Crippen MR) is 122 cm³/mol. The zero-order valence-corrected chi connectivity index (χ0v) is 18.8. The number of ketones is 3. The van der Waals surface area contributed by atoms with Crippen LogP contribution in [0.1, 0.15) is 20.7 Å². The summed E-state index contributed by atoms with van der Waals surface area (Å²) in [6.45, 7) is -2.21. The lowest BCUT2D eigenvalue weighted by molar-refractivity contribution is -0.212. The largest absolute Gasteiger partial charge is 0.504 e. The Morgan fingerprint density at radius 2 is 1.64 bits per heavy atom. The van der Waals surface area contributed by atoms with Crippen LogP contribution in [0.2, 0.25) is 0 Å². The minimum absolute atomic E-state index is 0.249. The van der Waals surface area contributed by atoms with Crippen molar-refractivity contribution in [2.24, 2.45) is 0 Å². The van der Waals surface area contributed by atoms with Crippen molar-refractivity contribution < 1.29 is 49.4 Å². The van der Waals surface area contributed by atoms with Crippen molar-refractivity contribution in [2.45, 2.75) is 11.3 Å². The molecule has 188 valence electrons. The van der Waals surface area contributed by atoms with E-state index in [1.54, 1.807) is 30.3 Å². The predicted octanol–water partition coefficient (Wildman–Crippen LogP) is -0.0330. The van der Waals surface area contributed by atoms with Gasteiger partial charge in [0.2, 0.25) is 11.5 Å². The number of aromatic hydroxyl groups is 2. The molecule has 0 saturated carbocycles. The average molecular weight is 497 g/mol. The number of morpholine rings is 1. The summed E-state index contributed by atoms with van der Waals surface area (Å²) < 4.78 is 10.5. The van der Waals surface area contributed by atoms with Crippen LogP contribution in [0.5, 0.6) is 17.2 Å². The number of Topliss-reactive ketones (excluding diaryl/α,β-unsaturated/α-hetero) is 2. The number of carbonyl (C=O) groups excluding carboxylic acids is 3. The van der Waals surface area contributed by atoms with Crippen LogP contribution >= 0.6 is 0 Å². The number of aliphatic hydroxyl groups is 3. The second-order valence-electron chi connectivity index (χ2n) is 8.39. The van der Waals surface area contributed by atoms with Gasteiger partial charge in [0.25, 0.3) is 5.79 Å². The Morgan fingerprint density at radius 3 is 2.25 bits per heavy atom. The molecule has 1 saturated heterocycles. The number of hydrogen-bond acceptors (Lipinski definition) is 11. The second kappa shape index (κ2) is 9.55. The molecule has 1 aliphatic heterocycles. The highest BCUT2D eigenvalue weighted by Gasteiger charge is 2.52. The van der Waals surface area contributed by atoms with E-state index in [0.717, 1.165) is 24.3 Å². The van der Waals surface area contributed by atoms with Gasteiger partial charge in [-0.05, 0) is 24.3 Å². The summed E-state index contributed by atoms with van der Waals surface area (Å²) in [6.07, 6.45) is 2.03. The topological polar surface area (TPSA) is 183 Å². The van der Waals surface area contributed by atoms with Gasteiger partial charge in [-0.25, -0.2) is 0 Å². The summed E-state index contributed by atoms with van der Waals surface area (Å²) in [6, 6.07) is 10.2. The molecule has 1 aliphatic carbocycles. The van der Waals surface area contributed by atoms with E-state index in [-0.39, 0.29) is 11.1 Å². The maximum absolute atomic E-state index is 13.3. The third-order valence-electron chi connectivity index (χ3n) is 5.90. The standard InChI is InChI=1S/C25H23NO10/c27-11-24(12-28)13-36-25(34)20(32)7-6-16(23(25)26-24)21(33)15-8-17(29)22(18(30)9-15)35-10-19(31)14-4-2-1-3-5-14/h1-9,26-30,34H,10-13H2. The van der Waals surface area contributed by atoms with E-state index in [1.807, 2.05) is 0 Å². The van der Waals surface area contributed by atoms with Crippen molar-refractivity contribution in [2.75, 3.05) is 26.4 Å². The molecule has 0 amide bonds. The molecule has 11 nitrogen and oxygen atoms in total. The molecule has 6 N–H and O–H groups in total. The summed E-state index contributed by atoms with van der Waals surface area (Å²) in [5, 5.41) is 53.6. The molecule has 36 heavy (non-hydrogen) atoms. The fraction of sp³-hybridized carbons (Fsp3) is 0.240. The fourth-order valence-corrected chi connectivity index (χ4v) is 3.79. The average Bonchev–Trinajstić information content (AvgIpc) is 2.89. The molecule has 2 aromatic carbocycles. The van der Waals surface area contributed by atoms with Gasteiger partial charge in [-0.3, -0.25) is 14.4 Å². The van der Waals surface area contributed by atoms with E-state index in [9.17, 15) is 39.9 Å². The minimum Gasteiger partial charge on any atom is -0.504 e. The van der Waals surface area contributed by atoms with Gasteiger partial charge >= 0.3 is 0 Å². The number of aliphatic hydroxyl groups excluding tert-OH is 2. The number of benzene rings is 2. The summed E-state index contributed by atoms with van der Waals surface area (Å²) in [4.78, 5) is 37.9. The molecule has 1 fully saturated rings. The minimum atomic E-state index is -2.56. The maximum atomic E-state index is 13.3. The van der Waals surface area contributed by atoms with Crippen LogP contribution in [0.3, 0.4) is 0 Å². The third-order valence-corrected chi connectivity index (χ3v) is 5.90. The van der Waals surface area contributed by atoms with Crippen molar-refractivity contribution in [3.05, 3.63) is 77.0 Å². The Hall–Kier alpha value is -4.03. The molecular formula is C25H23NO10. The molecule has 2 aliphatic rings. The van der Waals surface area contributed by atoms with Gasteiger partial charge in [0.05, 0.1) is 25.5 Å². The number of hydrogen-bond donors (Lipinski definition) is 6. The molecule has 1 heterocycles. The van der Waals surface area contributed by atoms with Crippen LogP contribution in [0.15, 0.2) is 65.9 Å². The molecule has 1 atom stereocenters. The van der Waals surface area contributed by atoms with E-state index >= 15 is 0 Å². The van der Waals surface area contributed by atoms with E-state index in [4.69, 9.17) is 9.47 Å².